The molecular formula is C21H22ClN3O4S2. The smallest absolute Gasteiger partial charge is 0.262 e. The maximum Gasteiger partial charge on any atom is 0.262 e. The summed E-state index contributed by atoms with van der Waals surface area (Å²) in [4.78, 5) is 30.5. The van der Waals surface area contributed by atoms with Crippen LogP contribution in [-0.2, 0) is 10.0 Å². The number of Topliss-reactive ketones (excluding diaryl/α,β-unsaturated/α-hetero) is 1. The van der Waals surface area contributed by atoms with Crippen LogP contribution in [0.3, 0.4) is 0 Å². The van der Waals surface area contributed by atoms with Crippen molar-refractivity contribution in [2.24, 2.45) is 0 Å². The predicted molar refractivity (Wildman–Crippen MR) is 126 cm³/mol. The molecule has 0 aliphatic carbocycles. The second kappa shape index (κ2) is 9.02. The summed E-state index contributed by atoms with van der Waals surface area (Å²) in [5, 5.41) is 0.855. The van der Waals surface area contributed by atoms with E-state index in [-0.39, 0.29) is 17.4 Å². The van der Waals surface area contributed by atoms with Gasteiger partial charge in [-0.1, -0.05) is 23.4 Å². The van der Waals surface area contributed by atoms with Gasteiger partial charge in [-0.2, -0.15) is 0 Å². The van der Waals surface area contributed by atoms with E-state index in [9.17, 15) is 18.0 Å². The van der Waals surface area contributed by atoms with Gasteiger partial charge in [-0.15, -0.1) is 0 Å². The molecule has 0 fully saturated rings. The lowest BCUT2D eigenvalue weighted by atomic mass is 10.1. The average molecular weight is 480 g/mol. The van der Waals surface area contributed by atoms with E-state index < -0.39 is 15.3 Å². The van der Waals surface area contributed by atoms with E-state index in [0.717, 1.165) is 6.26 Å². The molecule has 3 rings (SSSR count). The van der Waals surface area contributed by atoms with Crippen LogP contribution in [0.15, 0.2) is 52.4 Å². The number of hydrogen-bond acceptors (Lipinski definition) is 6. The monoisotopic (exact) mass is 479 g/mol. The molecule has 1 N–H and O–H groups in total. The number of aromatic nitrogens is 2. The van der Waals surface area contributed by atoms with Crippen LogP contribution >= 0.6 is 23.4 Å². The van der Waals surface area contributed by atoms with Gasteiger partial charge in [0.15, 0.2) is 10.9 Å². The molecule has 0 aliphatic heterocycles. The number of carbonyl (C=O) groups excluding carboxylic acids is 1. The first-order valence-corrected chi connectivity index (χ1v) is 12.6. The molecule has 0 radical (unpaired) electrons. The highest BCUT2D eigenvalue weighted by Crippen LogP contribution is 2.28. The summed E-state index contributed by atoms with van der Waals surface area (Å²) in [6.45, 7) is 5.51. The first kappa shape index (κ1) is 23.3. The van der Waals surface area contributed by atoms with Gasteiger partial charge in [0.2, 0.25) is 10.0 Å². The van der Waals surface area contributed by atoms with Crippen LogP contribution in [0, 0.1) is 0 Å². The number of fused-ring (bicyclic) bond motifs is 1. The number of halogens is 1. The Morgan fingerprint density at radius 3 is 2.35 bits per heavy atom. The number of rotatable bonds is 7. The van der Waals surface area contributed by atoms with Gasteiger partial charge in [0.25, 0.3) is 5.56 Å². The Balaban J connectivity index is 1.91. The highest BCUT2D eigenvalue weighted by molar-refractivity contribution is 8.00. The van der Waals surface area contributed by atoms with E-state index in [2.05, 4.69) is 9.71 Å². The van der Waals surface area contributed by atoms with E-state index in [1.54, 1.807) is 41.8 Å². The minimum absolute atomic E-state index is 0.147. The Morgan fingerprint density at radius 2 is 1.77 bits per heavy atom. The van der Waals surface area contributed by atoms with Crippen molar-refractivity contribution in [2.75, 3.05) is 11.0 Å². The Hall–Kier alpha value is -2.36. The summed E-state index contributed by atoms with van der Waals surface area (Å²) < 4.78 is 26.6. The molecule has 0 aliphatic rings. The minimum Gasteiger partial charge on any atom is -0.293 e. The fraction of sp³-hybridized carbons (Fsp3) is 0.286. The summed E-state index contributed by atoms with van der Waals surface area (Å²) in [6, 6.07) is 11.0. The molecule has 0 amide bonds. The third kappa shape index (κ3) is 5.47. The van der Waals surface area contributed by atoms with Crippen LogP contribution in [-0.4, -0.2) is 35.3 Å². The lowest BCUT2D eigenvalue weighted by Gasteiger charge is -2.18. The summed E-state index contributed by atoms with van der Waals surface area (Å²) in [5.41, 5.74) is 1.10. The zero-order chi connectivity index (χ0) is 22.9. The number of benzene rings is 2. The zero-order valence-electron chi connectivity index (χ0n) is 17.4. The lowest BCUT2D eigenvalue weighted by Crippen LogP contribution is -2.26. The van der Waals surface area contributed by atoms with Crippen LogP contribution in [0.5, 0.6) is 0 Å². The second-order valence-corrected chi connectivity index (χ2v) is 10.9. The molecule has 10 heteroatoms. The van der Waals surface area contributed by atoms with Crippen molar-refractivity contribution in [3.05, 3.63) is 63.4 Å². The zero-order valence-corrected chi connectivity index (χ0v) is 19.8. The first-order valence-electron chi connectivity index (χ1n) is 9.47. The van der Waals surface area contributed by atoms with Gasteiger partial charge in [0.05, 0.1) is 22.4 Å². The Morgan fingerprint density at radius 1 is 1.13 bits per heavy atom. The van der Waals surface area contributed by atoms with E-state index in [1.807, 2.05) is 13.8 Å². The Kier molecular flexibility index (Phi) is 6.78. The number of nitrogens with one attached hydrogen (secondary N) is 1. The molecule has 0 spiro atoms. The van der Waals surface area contributed by atoms with Crippen molar-refractivity contribution in [3.8, 4) is 0 Å². The molecule has 3 aromatic rings. The van der Waals surface area contributed by atoms with E-state index in [1.165, 1.54) is 23.9 Å². The van der Waals surface area contributed by atoms with Crippen molar-refractivity contribution < 1.29 is 13.2 Å². The maximum atomic E-state index is 13.0. The number of hydrogen-bond donors (Lipinski definition) is 1. The number of carbonyl (C=O) groups is 1. The maximum absolute atomic E-state index is 13.0. The van der Waals surface area contributed by atoms with Gasteiger partial charge in [0.1, 0.15) is 0 Å². The molecule has 0 unspecified atom stereocenters. The topological polar surface area (TPSA) is 98.1 Å². The van der Waals surface area contributed by atoms with Gasteiger partial charge >= 0.3 is 0 Å². The Bertz CT molecular complexity index is 1300. The lowest BCUT2D eigenvalue weighted by molar-refractivity contribution is 0.0994. The SMILES string of the molecule is CC(C)n1c(S[C@H](C)C(=O)c2ccc(NS(C)(=O)=O)cc2)nc2cc(Cl)ccc2c1=O. The standard InChI is InChI=1S/C21H22ClN3O4S2/c1-12(2)25-20(27)17-10-7-15(22)11-18(17)23-21(25)30-13(3)19(26)14-5-8-16(9-6-14)24-31(4,28)29/h5-13,24H,1-4H3/t13-/m1/s1. The quantitative estimate of drug-likeness (QED) is 0.307. The number of sulfonamides is 1. The summed E-state index contributed by atoms with van der Waals surface area (Å²) in [6.07, 6.45) is 1.06. The molecule has 1 atom stereocenters. The largest absolute Gasteiger partial charge is 0.293 e. The van der Waals surface area contributed by atoms with Crippen LogP contribution < -0.4 is 10.3 Å². The second-order valence-electron chi connectivity index (χ2n) is 7.40. The van der Waals surface area contributed by atoms with Crippen LogP contribution in [0.4, 0.5) is 5.69 Å². The number of anilines is 1. The molecule has 0 saturated heterocycles. The third-order valence-corrected chi connectivity index (χ3v) is 6.38. The van der Waals surface area contributed by atoms with E-state index >= 15 is 0 Å². The van der Waals surface area contributed by atoms with Crippen LogP contribution in [0.2, 0.25) is 5.02 Å². The van der Waals surface area contributed by atoms with Crippen molar-refractivity contribution in [3.63, 3.8) is 0 Å². The van der Waals surface area contributed by atoms with Crippen molar-refractivity contribution in [1.29, 1.82) is 0 Å². The highest BCUT2D eigenvalue weighted by atomic mass is 35.5. The summed E-state index contributed by atoms with van der Waals surface area (Å²) in [7, 11) is -3.39. The summed E-state index contributed by atoms with van der Waals surface area (Å²) >= 11 is 7.26. The van der Waals surface area contributed by atoms with Gasteiger partial charge < -0.3 is 0 Å². The predicted octanol–water partition coefficient (Wildman–Crippen LogP) is 4.37. The molecular weight excluding hydrogens is 458 g/mol. The third-order valence-electron chi connectivity index (χ3n) is 4.47. The first-order chi connectivity index (χ1) is 14.5. The van der Waals surface area contributed by atoms with Gasteiger partial charge in [-0.3, -0.25) is 18.9 Å². The fourth-order valence-corrected chi connectivity index (χ4v) is 4.90. The molecule has 1 heterocycles. The van der Waals surface area contributed by atoms with Crippen molar-refractivity contribution in [1.82, 2.24) is 9.55 Å². The van der Waals surface area contributed by atoms with E-state index in [4.69, 9.17) is 11.6 Å². The molecule has 7 nitrogen and oxygen atoms in total. The molecule has 164 valence electrons. The molecule has 1 aromatic heterocycles. The van der Waals surface area contributed by atoms with Crippen molar-refractivity contribution >= 4 is 55.8 Å². The highest BCUT2D eigenvalue weighted by Gasteiger charge is 2.22. The van der Waals surface area contributed by atoms with Crippen LogP contribution in [0.1, 0.15) is 37.2 Å². The fourth-order valence-electron chi connectivity index (χ4n) is 3.05. The van der Waals surface area contributed by atoms with Crippen LogP contribution in [0.25, 0.3) is 10.9 Å². The molecule has 2 aromatic carbocycles. The molecule has 31 heavy (non-hydrogen) atoms. The number of nitrogens with zero attached hydrogens (tertiary/aromatic N) is 2. The number of thioether (sulfide) groups is 1. The van der Waals surface area contributed by atoms with Crippen molar-refractivity contribution in [2.45, 2.75) is 37.2 Å². The molecule has 0 saturated carbocycles. The minimum atomic E-state index is -3.39. The summed E-state index contributed by atoms with van der Waals surface area (Å²) in [5.74, 6) is -0.161. The molecule has 0 bridgehead atoms. The number of ketones is 1. The Labute approximate surface area is 189 Å². The van der Waals surface area contributed by atoms with E-state index in [0.29, 0.717) is 32.3 Å². The normalized spacial score (nSPS) is 12.8. The average Bonchev–Trinajstić information content (AvgIpc) is 2.66. The van der Waals surface area contributed by atoms with Gasteiger partial charge in [0, 0.05) is 22.3 Å². The van der Waals surface area contributed by atoms with Gasteiger partial charge in [-0.05, 0) is 63.2 Å². The van der Waals surface area contributed by atoms with Gasteiger partial charge in [-0.25, -0.2) is 13.4 Å².